The summed E-state index contributed by atoms with van der Waals surface area (Å²) in [4.78, 5) is 25.3. The summed E-state index contributed by atoms with van der Waals surface area (Å²) in [6.07, 6.45) is 7.52. The molecule has 1 amide bonds. The van der Waals surface area contributed by atoms with Crippen LogP contribution in [0.1, 0.15) is 62.2 Å². The lowest BCUT2D eigenvalue weighted by Crippen LogP contribution is -2.26. The second-order valence-electron chi connectivity index (χ2n) is 6.32. The molecule has 1 aliphatic rings. The van der Waals surface area contributed by atoms with Gasteiger partial charge in [0.05, 0.1) is 4.92 Å². The third-order valence-electron chi connectivity index (χ3n) is 4.45. The number of carbonyl (C=O) groups is 1. The summed E-state index contributed by atoms with van der Waals surface area (Å²) in [6.45, 7) is 4.38. The Hall–Kier alpha value is -2.11. The van der Waals surface area contributed by atoms with Crippen molar-refractivity contribution in [2.45, 2.75) is 51.9 Å². The molecule has 132 valence electrons. The molecule has 1 fully saturated rings. The van der Waals surface area contributed by atoms with Crippen molar-refractivity contribution in [3.63, 3.8) is 0 Å². The molecule has 24 heavy (non-hydrogen) atoms. The minimum absolute atomic E-state index is 0.0260. The molecule has 0 radical (unpaired) electrons. The van der Waals surface area contributed by atoms with E-state index in [-0.39, 0.29) is 16.5 Å². The van der Waals surface area contributed by atoms with Gasteiger partial charge in [-0.3, -0.25) is 14.9 Å². The van der Waals surface area contributed by atoms with Crippen molar-refractivity contribution in [1.29, 1.82) is 0 Å². The van der Waals surface area contributed by atoms with Gasteiger partial charge in [-0.25, -0.2) is 0 Å². The van der Waals surface area contributed by atoms with Crippen LogP contribution in [-0.4, -0.2) is 30.5 Å². The lowest BCUT2D eigenvalue weighted by molar-refractivity contribution is -0.384. The lowest BCUT2D eigenvalue weighted by atomic mass is 10.1. The van der Waals surface area contributed by atoms with Crippen molar-refractivity contribution < 1.29 is 9.72 Å². The van der Waals surface area contributed by atoms with Crippen LogP contribution in [0.3, 0.4) is 0 Å². The molecule has 1 aromatic rings. The molecule has 0 bridgehead atoms. The van der Waals surface area contributed by atoms with E-state index in [0.29, 0.717) is 17.8 Å². The number of amides is 1. The zero-order chi connectivity index (χ0) is 17.4. The highest BCUT2D eigenvalue weighted by Crippen LogP contribution is 2.31. The zero-order valence-corrected chi connectivity index (χ0v) is 14.4. The van der Waals surface area contributed by atoms with E-state index < -0.39 is 0 Å². The predicted molar refractivity (Wildman–Crippen MR) is 95.6 cm³/mol. The van der Waals surface area contributed by atoms with E-state index in [0.717, 1.165) is 45.2 Å². The van der Waals surface area contributed by atoms with Crippen LogP contribution < -0.4 is 10.2 Å². The highest BCUT2D eigenvalue weighted by Gasteiger charge is 2.22. The summed E-state index contributed by atoms with van der Waals surface area (Å²) in [6, 6.07) is 4.84. The monoisotopic (exact) mass is 333 g/mol. The lowest BCUT2D eigenvalue weighted by Gasteiger charge is -2.22. The van der Waals surface area contributed by atoms with Crippen LogP contribution in [0.15, 0.2) is 18.2 Å². The van der Waals surface area contributed by atoms with Gasteiger partial charge in [0, 0.05) is 31.3 Å². The topological polar surface area (TPSA) is 75.5 Å². The number of nitro groups is 1. The Bertz CT molecular complexity index is 567. The molecule has 1 saturated heterocycles. The van der Waals surface area contributed by atoms with E-state index in [4.69, 9.17) is 0 Å². The average molecular weight is 333 g/mol. The average Bonchev–Trinajstić information content (AvgIpc) is 2.87. The molecule has 0 aromatic heterocycles. The predicted octanol–water partition coefficient (Wildman–Crippen LogP) is 3.90. The van der Waals surface area contributed by atoms with Crippen molar-refractivity contribution in [3.8, 4) is 0 Å². The van der Waals surface area contributed by atoms with Crippen molar-refractivity contribution in [3.05, 3.63) is 33.9 Å². The Kier molecular flexibility index (Phi) is 7.03. The molecular formula is C18H27N3O3. The molecule has 0 spiro atoms. The van der Waals surface area contributed by atoms with Gasteiger partial charge in [-0.05, 0) is 31.4 Å². The molecule has 2 rings (SSSR count). The Balaban J connectivity index is 2.13. The molecule has 1 aromatic carbocycles. The van der Waals surface area contributed by atoms with E-state index >= 15 is 0 Å². The van der Waals surface area contributed by atoms with Gasteiger partial charge in [0.2, 0.25) is 0 Å². The van der Waals surface area contributed by atoms with Crippen LogP contribution in [0.4, 0.5) is 11.4 Å². The summed E-state index contributed by atoms with van der Waals surface area (Å²) >= 11 is 0. The summed E-state index contributed by atoms with van der Waals surface area (Å²) in [5.74, 6) is -0.239. The number of hydrogen-bond acceptors (Lipinski definition) is 4. The summed E-state index contributed by atoms with van der Waals surface area (Å²) in [5.41, 5.74) is 1.01. The van der Waals surface area contributed by atoms with Gasteiger partial charge in [-0.2, -0.15) is 0 Å². The molecular weight excluding hydrogens is 306 g/mol. The number of nitrogens with one attached hydrogen (secondary N) is 1. The van der Waals surface area contributed by atoms with Crippen molar-refractivity contribution in [2.75, 3.05) is 24.5 Å². The molecule has 0 unspecified atom stereocenters. The maximum absolute atomic E-state index is 12.2. The fourth-order valence-electron chi connectivity index (χ4n) is 3.07. The van der Waals surface area contributed by atoms with E-state index in [1.165, 1.54) is 18.9 Å². The summed E-state index contributed by atoms with van der Waals surface area (Å²) in [7, 11) is 0. The fraction of sp³-hybridized carbons (Fsp3) is 0.611. The number of carbonyl (C=O) groups excluding carboxylic acids is 1. The number of rotatable bonds is 7. The molecule has 1 aliphatic heterocycles. The first-order chi connectivity index (χ1) is 11.6. The maximum Gasteiger partial charge on any atom is 0.293 e. The second-order valence-corrected chi connectivity index (χ2v) is 6.32. The Morgan fingerprint density at radius 3 is 2.54 bits per heavy atom. The maximum atomic E-state index is 12.2. The number of benzene rings is 1. The van der Waals surface area contributed by atoms with Gasteiger partial charge < -0.3 is 10.2 Å². The molecule has 6 heteroatoms. The number of nitrogens with zero attached hydrogens (tertiary/aromatic N) is 2. The van der Waals surface area contributed by atoms with Crippen molar-refractivity contribution in [1.82, 2.24) is 5.32 Å². The van der Waals surface area contributed by atoms with Crippen molar-refractivity contribution >= 4 is 17.3 Å². The van der Waals surface area contributed by atoms with Crippen LogP contribution >= 0.6 is 0 Å². The Morgan fingerprint density at radius 2 is 1.92 bits per heavy atom. The third-order valence-corrected chi connectivity index (χ3v) is 4.45. The van der Waals surface area contributed by atoms with E-state index in [1.807, 2.05) is 0 Å². The van der Waals surface area contributed by atoms with Gasteiger partial charge >= 0.3 is 0 Å². The highest BCUT2D eigenvalue weighted by atomic mass is 16.6. The first-order valence-electron chi connectivity index (χ1n) is 8.95. The third kappa shape index (κ3) is 4.94. The van der Waals surface area contributed by atoms with Gasteiger partial charge in [0.15, 0.2) is 0 Å². The highest BCUT2D eigenvalue weighted by molar-refractivity contribution is 5.95. The van der Waals surface area contributed by atoms with Gasteiger partial charge in [0.25, 0.3) is 11.6 Å². The van der Waals surface area contributed by atoms with Gasteiger partial charge in [-0.1, -0.05) is 32.6 Å². The van der Waals surface area contributed by atoms with Crippen LogP contribution in [0.2, 0.25) is 0 Å². The molecule has 0 atom stereocenters. The van der Waals surface area contributed by atoms with Crippen LogP contribution in [-0.2, 0) is 0 Å². The molecule has 1 heterocycles. The smallest absolute Gasteiger partial charge is 0.293 e. The molecule has 0 aliphatic carbocycles. The minimum atomic E-state index is -0.381. The quantitative estimate of drug-likeness (QED) is 0.466. The standard InChI is InChI=1S/C18H27N3O3/c1-2-3-6-11-19-18(22)15-9-10-16(17(14-15)21(23)24)20-12-7-4-5-8-13-20/h9-10,14H,2-8,11-13H2,1H3,(H,19,22). The van der Waals surface area contributed by atoms with Crippen LogP contribution in [0.25, 0.3) is 0 Å². The summed E-state index contributed by atoms with van der Waals surface area (Å²) in [5, 5.41) is 14.3. The van der Waals surface area contributed by atoms with E-state index in [9.17, 15) is 14.9 Å². The first-order valence-corrected chi connectivity index (χ1v) is 8.95. The fourth-order valence-corrected chi connectivity index (χ4v) is 3.07. The van der Waals surface area contributed by atoms with Crippen LogP contribution in [0, 0.1) is 10.1 Å². The van der Waals surface area contributed by atoms with E-state index in [2.05, 4.69) is 17.1 Å². The number of nitro benzene ring substituents is 1. The largest absolute Gasteiger partial charge is 0.366 e. The molecule has 6 nitrogen and oxygen atoms in total. The number of unbranched alkanes of at least 4 members (excludes halogenated alkanes) is 2. The second kappa shape index (κ2) is 9.25. The van der Waals surface area contributed by atoms with Crippen molar-refractivity contribution in [2.24, 2.45) is 0 Å². The van der Waals surface area contributed by atoms with Crippen LogP contribution in [0.5, 0.6) is 0 Å². The summed E-state index contributed by atoms with van der Waals surface area (Å²) < 4.78 is 0. The number of hydrogen-bond donors (Lipinski definition) is 1. The molecule has 0 saturated carbocycles. The van der Waals surface area contributed by atoms with Gasteiger partial charge in [-0.15, -0.1) is 0 Å². The SMILES string of the molecule is CCCCCNC(=O)c1ccc(N2CCCCCC2)c([N+](=O)[O-])c1. The normalized spacial score (nSPS) is 15.0. The first kappa shape index (κ1) is 18.2. The Labute approximate surface area is 143 Å². The van der Waals surface area contributed by atoms with Gasteiger partial charge in [0.1, 0.15) is 5.69 Å². The zero-order valence-electron chi connectivity index (χ0n) is 14.4. The minimum Gasteiger partial charge on any atom is -0.366 e. The number of anilines is 1. The Morgan fingerprint density at radius 1 is 1.21 bits per heavy atom. The van der Waals surface area contributed by atoms with E-state index in [1.54, 1.807) is 12.1 Å². The molecule has 1 N–H and O–H groups in total.